The number of hydrogen-bond donors (Lipinski definition) is 6. The van der Waals surface area contributed by atoms with E-state index in [1.807, 2.05) is 45.0 Å². The fourth-order valence-electron chi connectivity index (χ4n) is 3.71. The Bertz CT molecular complexity index is 1040. The lowest BCUT2D eigenvalue weighted by molar-refractivity contribution is -0.142. The lowest BCUT2D eigenvalue weighted by Gasteiger charge is -2.26. The lowest BCUT2D eigenvalue weighted by atomic mass is 9.97. The quantitative estimate of drug-likeness (QED) is 0.249. The highest BCUT2D eigenvalue weighted by atomic mass is 16.4. The number of carbonyl (C=O) groups excluding carboxylic acids is 3. The van der Waals surface area contributed by atoms with Crippen molar-refractivity contribution in [2.24, 2.45) is 17.6 Å². The Morgan fingerprint density at radius 1 is 1.00 bits per heavy atom. The van der Waals surface area contributed by atoms with Gasteiger partial charge >= 0.3 is 5.97 Å². The smallest absolute Gasteiger partial charge is 0.326 e. The highest BCUT2D eigenvalue weighted by Crippen LogP contribution is 2.19. The van der Waals surface area contributed by atoms with Crippen LogP contribution < -0.4 is 21.7 Å². The molecule has 0 aliphatic heterocycles. The number of H-pyrrole nitrogens is 1. The van der Waals surface area contributed by atoms with Crippen molar-refractivity contribution in [2.75, 3.05) is 6.54 Å². The lowest BCUT2D eigenvalue weighted by Crippen LogP contribution is -2.56. The van der Waals surface area contributed by atoms with Crippen LogP contribution in [-0.2, 0) is 25.6 Å². The molecule has 0 spiro atoms. The van der Waals surface area contributed by atoms with Gasteiger partial charge in [0.2, 0.25) is 17.7 Å². The van der Waals surface area contributed by atoms with Crippen molar-refractivity contribution in [3.8, 4) is 0 Å². The molecule has 0 aliphatic rings. The first kappa shape index (κ1) is 27.8. The Kier molecular flexibility index (Phi) is 10.3. The molecule has 5 unspecified atom stereocenters. The van der Waals surface area contributed by atoms with E-state index < -0.39 is 41.8 Å². The van der Waals surface area contributed by atoms with Gasteiger partial charge in [0.15, 0.2) is 0 Å². The number of para-hydroxylation sites is 1. The number of aromatic amines is 1. The number of hydrogen-bond acceptors (Lipinski definition) is 5. The van der Waals surface area contributed by atoms with E-state index in [4.69, 9.17) is 5.73 Å². The van der Waals surface area contributed by atoms with Gasteiger partial charge in [0, 0.05) is 23.5 Å². The van der Waals surface area contributed by atoms with Gasteiger partial charge in [-0.15, -0.1) is 0 Å². The number of fused-ring (bicyclic) bond motifs is 1. The van der Waals surface area contributed by atoms with Crippen molar-refractivity contribution in [2.45, 2.75) is 65.1 Å². The number of rotatable bonds is 13. The summed E-state index contributed by atoms with van der Waals surface area (Å²) in [5.41, 5.74) is 7.52. The van der Waals surface area contributed by atoms with E-state index >= 15 is 0 Å². The summed E-state index contributed by atoms with van der Waals surface area (Å²) in [7, 11) is 0. The zero-order valence-electron chi connectivity index (χ0n) is 20.8. The average molecular weight is 488 g/mol. The van der Waals surface area contributed by atoms with Gasteiger partial charge in [-0.25, -0.2) is 4.79 Å². The van der Waals surface area contributed by atoms with Gasteiger partial charge < -0.3 is 31.8 Å². The van der Waals surface area contributed by atoms with Crippen LogP contribution in [0, 0.1) is 11.8 Å². The number of nitrogens with two attached hydrogens (primary N) is 1. The van der Waals surface area contributed by atoms with Crippen LogP contribution in [0.4, 0.5) is 0 Å². The Morgan fingerprint density at radius 2 is 1.66 bits per heavy atom. The predicted octanol–water partition coefficient (Wildman–Crippen LogP) is 1.30. The first-order chi connectivity index (χ1) is 16.6. The zero-order chi connectivity index (χ0) is 26.1. The third-order valence-electron chi connectivity index (χ3n) is 6.51. The molecule has 7 N–H and O–H groups in total. The monoisotopic (exact) mass is 487 g/mol. The second kappa shape index (κ2) is 12.9. The van der Waals surface area contributed by atoms with Gasteiger partial charge in [-0.05, 0) is 23.5 Å². The highest BCUT2D eigenvalue weighted by molar-refractivity contribution is 5.93. The summed E-state index contributed by atoms with van der Waals surface area (Å²) in [6.45, 7) is 7.09. The van der Waals surface area contributed by atoms with Crippen LogP contribution in [0.3, 0.4) is 0 Å². The third kappa shape index (κ3) is 7.54. The van der Waals surface area contributed by atoms with Gasteiger partial charge in [0.25, 0.3) is 0 Å². The second-order valence-corrected chi connectivity index (χ2v) is 9.02. The van der Waals surface area contributed by atoms with E-state index in [2.05, 4.69) is 20.9 Å². The largest absolute Gasteiger partial charge is 0.480 e. The van der Waals surface area contributed by atoms with Crippen LogP contribution in [0.1, 0.15) is 46.1 Å². The predicted molar refractivity (Wildman–Crippen MR) is 133 cm³/mol. The summed E-state index contributed by atoms with van der Waals surface area (Å²) < 4.78 is 0. The van der Waals surface area contributed by atoms with E-state index in [9.17, 15) is 24.3 Å². The van der Waals surface area contributed by atoms with Crippen molar-refractivity contribution in [3.05, 3.63) is 36.0 Å². The van der Waals surface area contributed by atoms with Crippen molar-refractivity contribution >= 4 is 34.6 Å². The average Bonchev–Trinajstić information content (AvgIpc) is 3.26. The fourth-order valence-corrected chi connectivity index (χ4v) is 3.71. The minimum Gasteiger partial charge on any atom is -0.480 e. The van der Waals surface area contributed by atoms with Crippen molar-refractivity contribution in [1.82, 2.24) is 20.9 Å². The number of amides is 3. The molecule has 1 aromatic heterocycles. The molecular weight excluding hydrogens is 450 g/mol. The molecule has 1 heterocycles. The molecule has 1 aromatic carbocycles. The van der Waals surface area contributed by atoms with Crippen LogP contribution in [-0.4, -0.2) is 58.5 Å². The summed E-state index contributed by atoms with van der Waals surface area (Å²) in [5.74, 6) is -3.07. The number of carbonyl (C=O) groups is 4. The SMILES string of the molecule is CCC(C)C(N)C(=O)NCC(=O)NC(C(=O)NC(Cc1c[nH]c2ccccc12)C(=O)O)C(C)CC. The van der Waals surface area contributed by atoms with E-state index in [0.29, 0.717) is 6.42 Å². The molecule has 0 saturated carbocycles. The van der Waals surface area contributed by atoms with Gasteiger partial charge in [-0.1, -0.05) is 58.7 Å². The van der Waals surface area contributed by atoms with E-state index in [1.54, 1.807) is 13.1 Å². The van der Waals surface area contributed by atoms with E-state index in [1.165, 1.54) is 0 Å². The molecule has 10 heteroatoms. The molecule has 2 rings (SSSR count). The number of nitrogens with one attached hydrogen (secondary N) is 4. The van der Waals surface area contributed by atoms with Gasteiger partial charge in [0.05, 0.1) is 12.6 Å². The molecule has 35 heavy (non-hydrogen) atoms. The Balaban J connectivity index is 2.05. The molecular formula is C25H37N5O5. The van der Waals surface area contributed by atoms with Crippen LogP contribution in [0.15, 0.2) is 30.5 Å². The van der Waals surface area contributed by atoms with Crippen LogP contribution in [0.25, 0.3) is 10.9 Å². The van der Waals surface area contributed by atoms with E-state index in [-0.39, 0.29) is 24.8 Å². The van der Waals surface area contributed by atoms with Gasteiger partial charge in [-0.2, -0.15) is 0 Å². The molecule has 192 valence electrons. The minimum absolute atomic E-state index is 0.0400. The second-order valence-electron chi connectivity index (χ2n) is 9.02. The first-order valence-corrected chi connectivity index (χ1v) is 12.0. The Hall–Kier alpha value is -3.40. The zero-order valence-corrected chi connectivity index (χ0v) is 20.8. The molecule has 3 amide bonds. The summed E-state index contributed by atoms with van der Waals surface area (Å²) in [5, 5.41) is 18.3. The van der Waals surface area contributed by atoms with Crippen molar-refractivity contribution in [3.63, 3.8) is 0 Å². The third-order valence-corrected chi connectivity index (χ3v) is 6.51. The minimum atomic E-state index is -1.18. The fraction of sp³-hybridized carbons (Fsp3) is 0.520. The van der Waals surface area contributed by atoms with Crippen LogP contribution in [0.5, 0.6) is 0 Å². The molecule has 10 nitrogen and oxygen atoms in total. The maximum Gasteiger partial charge on any atom is 0.326 e. The molecule has 2 aromatic rings. The number of carboxylic acid groups (broad SMARTS) is 1. The number of aliphatic carboxylic acids is 1. The maximum absolute atomic E-state index is 13.1. The number of carboxylic acids is 1. The molecule has 0 bridgehead atoms. The molecule has 0 saturated heterocycles. The molecule has 0 aliphatic carbocycles. The summed E-state index contributed by atoms with van der Waals surface area (Å²) in [6.07, 6.45) is 3.10. The molecule has 5 atom stereocenters. The summed E-state index contributed by atoms with van der Waals surface area (Å²) in [6, 6.07) is 4.62. The Labute approximate surface area is 205 Å². The molecule has 0 radical (unpaired) electrons. The topological polar surface area (TPSA) is 166 Å². The standard InChI is InChI=1S/C25H37N5O5/c1-5-14(3)21(26)23(32)28-13-20(31)30-22(15(4)6-2)24(33)29-19(25(34)35)11-16-12-27-18-10-8-7-9-17(16)18/h7-10,12,14-15,19,21-22,27H,5-6,11,13,26H2,1-4H3,(H,28,32)(H,29,33)(H,30,31)(H,34,35). The van der Waals surface area contributed by atoms with Crippen LogP contribution in [0.2, 0.25) is 0 Å². The normalized spacial score (nSPS) is 15.5. The van der Waals surface area contributed by atoms with Crippen LogP contribution >= 0.6 is 0 Å². The summed E-state index contributed by atoms with van der Waals surface area (Å²) >= 11 is 0. The van der Waals surface area contributed by atoms with Crippen molar-refractivity contribution in [1.29, 1.82) is 0 Å². The summed E-state index contributed by atoms with van der Waals surface area (Å²) in [4.78, 5) is 52.7. The number of aromatic nitrogens is 1. The molecule has 0 fully saturated rings. The highest BCUT2D eigenvalue weighted by Gasteiger charge is 2.30. The van der Waals surface area contributed by atoms with Gasteiger partial charge in [0.1, 0.15) is 12.1 Å². The van der Waals surface area contributed by atoms with Crippen molar-refractivity contribution < 1.29 is 24.3 Å². The maximum atomic E-state index is 13.1. The Morgan fingerprint density at radius 3 is 2.29 bits per heavy atom. The van der Waals surface area contributed by atoms with Gasteiger partial charge in [-0.3, -0.25) is 14.4 Å². The first-order valence-electron chi connectivity index (χ1n) is 12.0. The number of benzene rings is 1. The van der Waals surface area contributed by atoms with E-state index in [0.717, 1.165) is 22.9 Å².